The summed E-state index contributed by atoms with van der Waals surface area (Å²) in [7, 11) is 0. The van der Waals surface area contributed by atoms with Crippen molar-refractivity contribution in [2.24, 2.45) is 0 Å². The SMILES string of the molecule is N#Cc1ccc(-c2c(-c3ccc4sc5ccccc5c4c3)ccc(-c3ccc4sc5ccccc5c4c3)c2C#N)cc1. The molecule has 0 saturated carbocycles. The van der Waals surface area contributed by atoms with Gasteiger partial charge in [0.15, 0.2) is 0 Å². The van der Waals surface area contributed by atoms with Crippen LogP contribution in [0.15, 0.2) is 121 Å². The number of rotatable bonds is 3. The molecule has 0 unspecified atom stereocenters. The first-order valence-electron chi connectivity index (χ1n) is 13.6. The zero-order valence-corrected chi connectivity index (χ0v) is 23.9. The molecular formula is C38H20N2S2. The van der Waals surface area contributed by atoms with Gasteiger partial charge in [-0.3, -0.25) is 0 Å². The number of fused-ring (bicyclic) bond motifs is 6. The Balaban J connectivity index is 1.39. The third-order valence-electron chi connectivity index (χ3n) is 8.00. The minimum Gasteiger partial charge on any atom is -0.192 e. The maximum absolute atomic E-state index is 10.7. The van der Waals surface area contributed by atoms with E-state index in [1.54, 1.807) is 22.7 Å². The van der Waals surface area contributed by atoms with E-state index in [0.717, 1.165) is 33.4 Å². The first kappa shape index (κ1) is 24.5. The van der Waals surface area contributed by atoms with Gasteiger partial charge in [-0.05, 0) is 70.8 Å². The maximum Gasteiger partial charge on any atom is 0.100 e. The summed E-state index contributed by atoms with van der Waals surface area (Å²) >= 11 is 3.59. The quantitative estimate of drug-likeness (QED) is 0.213. The van der Waals surface area contributed by atoms with Crippen molar-refractivity contribution in [3.05, 3.63) is 132 Å². The van der Waals surface area contributed by atoms with Crippen LogP contribution in [0.2, 0.25) is 0 Å². The second kappa shape index (κ2) is 9.68. The summed E-state index contributed by atoms with van der Waals surface area (Å²) in [5.74, 6) is 0. The minimum atomic E-state index is 0.593. The second-order valence-corrected chi connectivity index (χ2v) is 12.5. The molecule has 4 heteroatoms. The van der Waals surface area contributed by atoms with Gasteiger partial charge in [0, 0.05) is 51.5 Å². The molecule has 0 amide bonds. The van der Waals surface area contributed by atoms with Crippen molar-refractivity contribution in [3.63, 3.8) is 0 Å². The van der Waals surface area contributed by atoms with Crippen molar-refractivity contribution in [2.75, 3.05) is 0 Å². The Morgan fingerprint density at radius 2 is 0.929 bits per heavy atom. The molecule has 0 bridgehead atoms. The van der Waals surface area contributed by atoms with Crippen LogP contribution >= 0.6 is 22.7 Å². The molecule has 0 aliphatic carbocycles. The average Bonchev–Trinajstić information content (AvgIpc) is 3.61. The standard InChI is InChI=1S/C38H20N2S2/c39-21-23-9-11-24(12-10-23)38-28(26-14-18-37-32(20-26)30-6-2-4-8-35(30)42-37)16-15-27(33(38)22-40)25-13-17-36-31(19-25)29-5-1-3-7-34(29)41-36/h1-20H. The van der Waals surface area contributed by atoms with Gasteiger partial charge in [-0.2, -0.15) is 10.5 Å². The molecule has 0 aliphatic rings. The van der Waals surface area contributed by atoms with E-state index in [2.05, 4.69) is 109 Å². The molecular weight excluding hydrogens is 549 g/mol. The van der Waals surface area contributed by atoms with E-state index in [0.29, 0.717) is 11.1 Å². The summed E-state index contributed by atoms with van der Waals surface area (Å²) in [6.07, 6.45) is 0. The normalized spacial score (nSPS) is 11.3. The highest BCUT2D eigenvalue weighted by atomic mass is 32.1. The summed E-state index contributed by atoms with van der Waals surface area (Å²) in [6.45, 7) is 0. The predicted octanol–water partition coefficient (Wildman–Crippen LogP) is 11.2. The highest BCUT2D eigenvalue weighted by molar-refractivity contribution is 7.26. The average molecular weight is 569 g/mol. The molecule has 2 nitrogen and oxygen atoms in total. The highest BCUT2D eigenvalue weighted by Gasteiger charge is 2.19. The van der Waals surface area contributed by atoms with Crippen LogP contribution < -0.4 is 0 Å². The van der Waals surface area contributed by atoms with Gasteiger partial charge in [0.25, 0.3) is 0 Å². The minimum absolute atomic E-state index is 0.593. The molecule has 0 N–H and O–H groups in total. The van der Waals surface area contributed by atoms with Crippen LogP contribution in [0.4, 0.5) is 0 Å². The monoisotopic (exact) mass is 568 g/mol. The molecule has 0 atom stereocenters. The van der Waals surface area contributed by atoms with E-state index in [9.17, 15) is 10.5 Å². The van der Waals surface area contributed by atoms with E-state index < -0.39 is 0 Å². The van der Waals surface area contributed by atoms with Crippen molar-refractivity contribution in [2.45, 2.75) is 0 Å². The molecule has 0 spiro atoms. The number of hydrogen-bond acceptors (Lipinski definition) is 4. The third kappa shape index (κ3) is 3.82. The highest BCUT2D eigenvalue weighted by Crippen LogP contribution is 2.44. The number of benzene rings is 6. The maximum atomic E-state index is 10.7. The van der Waals surface area contributed by atoms with Gasteiger partial charge < -0.3 is 0 Å². The van der Waals surface area contributed by atoms with Crippen LogP contribution in [-0.2, 0) is 0 Å². The first-order valence-corrected chi connectivity index (χ1v) is 15.3. The van der Waals surface area contributed by atoms with Crippen LogP contribution in [-0.4, -0.2) is 0 Å². The van der Waals surface area contributed by atoms with Crippen molar-refractivity contribution in [1.82, 2.24) is 0 Å². The van der Waals surface area contributed by atoms with E-state index >= 15 is 0 Å². The summed E-state index contributed by atoms with van der Waals surface area (Å²) in [5, 5.41) is 25.1. The largest absolute Gasteiger partial charge is 0.192 e. The van der Waals surface area contributed by atoms with Crippen molar-refractivity contribution in [3.8, 4) is 45.5 Å². The van der Waals surface area contributed by atoms with Gasteiger partial charge >= 0.3 is 0 Å². The smallest absolute Gasteiger partial charge is 0.100 e. The second-order valence-electron chi connectivity index (χ2n) is 10.3. The summed E-state index contributed by atoms with van der Waals surface area (Å²) in [4.78, 5) is 0. The predicted molar refractivity (Wildman–Crippen MR) is 178 cm³/mol. The van der Waals surface area contributed by atoms with Crippen molar-refractivity contribution in [1.29, 1.82) is 10.5 Å². The molecule has 0 radical (unpaired) electrons. The molecule has 2 aromatic heterocycles. The lowest BCUT2D eigenvalue weighted by molar-refractivity contribution is 1.46. The summed E-state index contributed by atoms with van der Waals surface area (Å²) < 4.78 is 5.00. The third-order valence-corrected chi connectivity index (χ3v) is 10.3. The lowest BCUT2D eigenvalue weighted by Crippen LogP contribution is -1.94. The Kier molecular flexibility index (Phi) is 5.66. The van der Waals surface area contributed by atoms with Crippen LogP contribution in [0.3, 0.4) is 0 Å². The summed E-state index contributed by atoms with van der Waals surface area (Å²) in [6, 6.07) is 46.7. The topological polar surface area (TPSA) is 47.6 Å². The fourth-order valence-electron chi connectivity index (χ4n) is 6.00. The van der Waals surface area contributed by atoms with E-state index in [1.165, 1.54) is 40.3 Å². The zero-order chi connectivity index (χ0) is 28.2. The Morgan fingerprint density at radius 1 is 0.429 bits per heavy atom. The molecule has 0 fully saturated rings. The Morgan fingerprint density at radius 3 is 1.50 bits per heavy atom. The molecule has 0 saturated heterocycles. The molecule has 194 valence electrons. The fraction of sp³-hybridized carbons (Fsp3) is 0. The van der Waals surface area contributed by atoms with Gasteiger partial charge in [0.1, 0.15) is 6.07 Å². The van der Waals surface area contributed by atoms with Gasteiger partial charge in [0.2, 0.25) is 0 Å². The van der Waals surface area contributed by atoms with E-state index in [1.807, 2.05) is 24.3 Å². The van der Waals surface area contributed by atoms with Crippen LogP contribution in [0.1, 0.15) is 11.1 Å². The Bertz CT molecular complexity index is 2430. The summed E-state index contributed by atoms with van der Waals surface area (Å²) in [5.41, 5.74) is 7.01. The lowest BCUT2D eigenvalue weighted by atomic mass is 9.85. The number of nitrogens with zero attached hydrogens (tertiary/aromatic N) is 2. The van der Waals surface area contributed by atoms with Crippen molar-refractivity contribution >= 4 is 63.0 Å². The fourth-order valence-corrected chi connectivity index (χ4v) is 8.17. The molecule has 8 aromatic rings. The molecule has 42 heavy (non-hydrogen) atoms. The van der Waals surface area contributed by atoms with Crippen molar-refractivity contribution < 1.29 is 0 Å². The first-order chi connectivity index (χ1) is 20.7. The van der Waals surface area contributed by atoms with Gasteiger partial charge in [0.05, 0.1) is 17.2 Å². The van der Waals surface area contributed by atoms with E-state index in [4.69, 9.17) is 0 Å². The van der Waals surface area contributed by atoms with Crippen LogP contribution in [0.5, 0.6) is 0 Å². The van der Waals surface area contributed by atoms with Gasteiger partial charge in [-0.25, -0.2) is 0 Å². The zero-order valence-electron chi connectivity index (χ0n) is 22.3. The number of nitriles is 2. The molecule has 8 rings (SSSR count). The number of hydrogen-bond donors (Lipinski definition) is 0. The lowest BCUT2D eigenvalue weighted by Gasteiger charge is -2.17. The number of thiophene rings is 2. The van der Waals surface area contributed by atoms with Gasteiger partial charge in [-0.15, -0.1) is 22.7 Å². The Labute approximate surface area is 250 Å². The Hall–Kier alpha value is -5.26. The molecule has 0 aliphatic heterocycles. The van der Waals surface area contributed by atoms with Crippen LogP contribution in [0, 0.1) is 22.7 Å². The van der Waals surface area contributed by atoms with Gasteiger partial charge in [-0.1, -0.05) is 72.8 Å². The molecule has 2 heterocycles. The van der Waals surface area contributed by atoms with E-state index in [-0.39, 0.29) is 0 Å². The molecule has 6 aromatic carbocycles. The van der Waals surface area contributed by atoms with Crippen LogP contribution in [0.25, 0.3) is 73.7 Å².